The Morgan fingerprint density at radius 3 is 2.24 bits per heavy atom. The highest BCUT2D eigenvalue weighted by Gasteiger charge is 2.35. The lowest BCUT2D eigenvalue weighted by molar-refractivity contribution is 0.251. The van der Waals surface area contributed by atoms with Gasteiger partial charge >= 0.3 is 12.0 Å². The van der Waals surface area contributed by atoms with Crippen molar-refractivity contribution in [2.75, 3.05) is 36.8 Å². The van der Waals surface area contributed by atoms with Gasteiger partial charge in [-0.3, -0.25) is 9.80 Å². The average Bonchev–Trinajstić information content (AvgIpc) is 2.85. The van der Waals surface area contributed by atoms with Crippen LogP contribution in [0.5, 0.6) is 23.3 Å². The first kappa shape index (κ1) is 25.2. The molecule has 2 aromatic carbocycles. The molecule has 180 valence electrons. The standard InChI is InChI=1S/C21H19Cl2N5O4.C2H6/c1-27-19-11(9-25-20(26-19)32-13-7-5-4-6-12(13)24)10-28(21(27)29)18-16(22)14(30-2)8-15(31-3)17(18)23;1-2/h4-9H,10,24H2,1-3H3;1-2H3. The van der Waals surface area contributed by atoms with Gasteiger partial charge in [0.2, 0.25) is 0 Å². The van der Waals surface area contributed by atoms with Crippen LogP contribution < -0.4 is 29.7 Å². The van der Waals surface area contributed by atoms with Gasteiger partial charge in [-0.1, -0.05) is 49.2 Å². The van der Waals surface area contributed by atoms with Crippen LogP contribution in [0.15, 0.2) is 36.5 Å². The molecule has 9 nitrogen and oxygen atoms in total. The first-order valence-corrected chi connectivity index (χ1v) is 11.1. The first-order valence-electron chi connectivity index (χ1n) is 10.4. The Balaban J connectivity index is 0.00000158. The van der Waals surface area contributed by atoms with Crippen molar-refractivity contribution in [3.8, 4) is 23.3 Å². The molecule has 0 radical (unpaired) electrons. The summed E-state index contributed by atoms with van der Waals surface area (Å²) in [5.41, 5.74) is 7.29. The lowest BCUT2D eigenvalue weighted by Crippen LogP contribution is -2.46. The Hall–Kier alpha value is -3.43. The van der Waals surface area contributed by atoms with Crippen LogP contribution in [-0.4, -0.2) is 37.3 Å². The normalized spacial score (nSPS) is 12.5. The van der Waals surface area contributed by atoms with E-state index in [0.29, 0.717) is 34.3 Å². The van der Waals surface area contributed by atoms with Gasteiger partial charge in [0, 0.05) is 24.9 Å². The molecule has 4 rings (SSSR count). The maximum absolute atomic E-state index is 13.2. The molecule has 1 aromatic heterocycles. The minimum atomic E-state index is -0.402. The lowest BCUT2D eigenvalue weighted by Gasteiger charge is -2.35. The second-order valence-corrected chi connectivity index (χ2v) is 7.58. The smallest absolute Gasteiger partial charge is 0.330 e. The van der Waals surface area contributed by atoms with Crippen molar-refractivity contribution in [2.45, 2.75) is 20.4 Å². The Morgan fingerprint density at radius 1 is 1.03 bits per heavy atom. The Morgan fingerprint density at radius 2 is 1.65 bits per heavy atom. The second kappa shape index (κ2) is 10.7. The molecule has 0 aliphatic carbocycles. The number of carbonyl (C=O) groups is 1. The number of anilines is 3. The summed E-state index contributed by atoms with van der Waals surface area (Å²) >= 11 is 13.0. The molecule has 2 amide bonds. The number of carbonyl (C=O) groups excluding carboxylic acids is 1. The van der Waals surface area contributed by atoms with Gasteiger partial charge in [0.05, 0.1) is 32.1 Å². The van der Waals surface area contributed by atoms with E-state index in [2.05, 4.69) is 9.97 Å². The van der Waals surface area contributed by atoms with Gasteiger partial charge in [-0.25, -0.2) is 9.78 Å². The van der Waals surface area contributed by atoms with Gasteiger partial charge in [0.1, 0.15) is 27.4 Å². The van der Waals surface area contributed by atoms with E-state index in [1.54, 1.807) is 43.6 Å². The predicted molar refractivity (Wildman–Crippen MR) is 134 cm³/mol. The van der Waals surface area contributed by atoms with Crippen LogP contribution >= 0.6 is 23.2 Å². The monoisotopic (exact) mass is 505 g/mol. The second-order valence-electron chi connectivity index (χ2n) is 6.83. The highest BCUT2D eigenvalue weighted by molar-refractivity contribution is 6.42. The van der Waals surface area contributed by atoms with Crippen molar-refractivity contribution in [1.82, 2.24) is 9.97 Å². The zero-order chi connectivity index (χ0) is 25.0. The summed E-state index contributed by atoms with van der Waals surface area (Å²) in [5, 5.41) is 0.368. The summed E-state index contributed by atoms with van der Waals surface area (Å²) in [6, 6.07) is 8.21. The molecule has 0 saturated carbocycles. The topological polar surface area (TPSA) is 103 Å². The first-order chi connectivity index (χ1) is 16.3. The number of aromatic nitrogens is 2. The van der Waals surface area contributed by atoms with E-state index < -0.39 is 6.03 Å². The van der Waals surface area contributed by atoms with Crippen LogP contribution in [0.1, 0.15) is 19.4 Å². The minimum Gasteiger partial charge on any atom is -0.495 e. The van der Waals surface area contributed by atoms with Crippen LogP contribution in [-0.2, 0) is 6.54 Å². The van der Waals surface area contributed by atoms with E-state index in [0.717, 1.165) is 0 Å². The molecule has 0 saturated heterocycles. The molecule has 0 fully saturated rings. The summed E-state index contributed by atoms with van der Waals surface area (Å²) in [4.78, 5) is 24.7. The van der Waals surface area contributed by atoms with Gasteiger partial charge in [0.25, 0.3) is 0 Å². The van der Waals surface area contributed by atoms with Crippen LogP contribution in [0.25, 0.3) is 0 Å². The highest BCUT2D eigenvalue weighted by atomic mass is 35.5. The number of amides is 2. The number of nitrogen functional groups attached to an aromatic ring is 1. The largest absolute Gasteiger partial charge is 0.495 e. The quantitative estimate of drug-likeness (QED) is 0.438. The Labute approximate surface area is 208 Å². The number of benzene rings is 2. The number of hydrogen-bond acceptors (Lipinski definition) is 7. The Bertz CT molecular complexity index is 1180. The number of methoxy groups -OCH3 is 2. The molecule has 0 bridgehead atoms. The van der Waals surface area contributed by atoms with Crippen LogP contribution in [0.2, 0.25) is 10.0 Å². The maximum Gasteiger partial charge on any atom is 0.330 e. The van der Waals surface area contributed by atoms with E-state index >= 15 is 0 Å². The van der Waals surface area contributed by atoms with E-state index in [9.17, 15) is 4.79 Å². The SMILES string of the molecule is CC.COc1cc(OC)c(Cl)c(N2Cc3cnc(Oc4ccccc4N)nc3N(C)C2=O)c1Cl. The van der Waals surface area contributed by atoms with E-state index in [4.69, 9.17) is 43.1 Å². The minimum absolute atomic E-state index is 0.0638. The fourth-order valence-corrected chi connectivity index (χ4v) is 4.00. The zero-order valence-electron chi connectivity index (χ0n) is 19.4. The van der Waals surface area contributed by atoms with Crippen molar-refractivity contribution in [2.24, 2.45) is 0 Å². The number of halogens is 2. The molecule has 34 heavy (non-hydrogen) atoms. The van der Waals surface area contributed by atoms with Gasteiger partial charge in [-0.05, 0) is 12.1 Å². The molecule has 1 aliphatic heterocycles. The van der Waals surface area contributed by atoms with Crippen LogP contribution in [0.3, 0.4) is 0 Å². The molecule has 2 heterocycles. The summed E-state index contributed by atoms with van der Waals surface area (Å²) in [6.45, 7) is 4.13. The number of rotatable bonds is 5. The average molecular weight is 506 g/mol. The van der Waals surface area contributed by atoms with Crippen LogP contribution in [0.4, 0.5) is 22.0 Å². The van der Waals surface area contributed by atoms with Crippen molar-refractivity contribution in [3.05, 3.63) is 52.1 Å². The molecule has 2 N–H and O–H groups in total. The molecular formula is C23H25Cl2N5O4. The number of para-hydroxylation sites is 2. The molecule has 11 heteroatoms. The molecule has 0 spiro atoms. The summed E-state index contributed by atoms with van der Waals surface area (Å²) in [7, 11) is 4.51. The number of urea groups is 1. The number of fused-ring (bicyclic) bond motifs is 1. The third kappa shape index (κ3) is 4.62. The fourth-order valence-electron chi connectivity index (χ4n) is 3.30. The zero-order valence-corrected chi connectivity index (χ0v) is 20.9. The van der Waals surface area contributed by atoms with Gasteiger partial charge in [0.15, 0.2) is 5.75 Å². The highest BCUT2D eigenvalue weighted by Crippen LogP contribution is 2.47. The number of nitrogens with two attached hydrogens (primary N) is 1. The molecule has 0 unspecified atom stereocenters. The molecular weight excluding hydrogens is 481 g/mol. The van der Waals surface area contributed by atoms with Crippen LogP contribution in [0, 0.1) is 0 Å². The number of nitrogens with zero attached hydrogens (tertiary/aromatic N) is 4. The van der Waals surface area contributed by atoms with Gasteiger partial charge in [-0.2, -0.15) is 4.98 Å². The van der Waals surface area contributed by atoms with Gasteiger partial charge < -0.3 is 19.9 Å². The maximum atomic E-state index is 13.2. The third-order valence-electron chi connectivity index (χ3n) is 4.92. The third-order valence-corrected chi connectivity index (χ3v) is 5.65. The summed E-state index contributed by atoms with van der Waals surface area (Å²) in [6.07, 6.45) is 1.58. The van der Waals surface area contributed by atoms with E-state index in [1.807, 2.05) is 13.8 Å². The molecule has 1 aliphatic rings. The number of ether oxygens (including phenoxy) is 3. The van der Waals surface area contributed by atoms with Crippen molar-refractivity contribution < 1.29 is 19.0 Å². The summed E-state index contributed by atoms with van der Waals surface area (Å²) in [5.74, 6) is 1.46. The fraction of sp³-hybridized carbons (Fsp3) is 0.261. The predicted octanol–water partition coefficient (Wildman–Crippen LogP) is 5.78. The van der Waals surface area contributed by atoms with E-state index in [-0.39, 0.29) is 28.3 Å². The molecule has 3 aromatic rings. The van der Waals surface area contributed by atoms with Crippen molar-refractivity contribution >= 4 is 46.4 Å². The lowest BCUT2D eigenvalue weighted by atomic mass is 10.2. The van der Waals surface area contributed by atoms with Crippen molar-refractivity contribution in [3.63, 3.8) is 0 Å². The van der Waals surface area contributed by atoms with Gasteiger partial charge in [-0.15, -0.1) is 0 Å². The van der Waals surface area contributed by atoms with E-state index in [1.165, 1.54) is 24.0 Å². The molecule has 0 atom stereocenters. The number of hydrogen-bond donors (Lipinski definition) is 1. The summed E-state index contributed by atoms with van der Waals surface area (Å²) < 4.78 is 16.3. The van der Waals surface area contributed by atoms with Crippen molar-refractivity contribution in [1.29, 1.82) is 0 Å². The Kier molecular flexibility index (Phi) is 7.90.